The lowest BCUT2D eigenvalue weighted by molar-refractivity contribution is -0.0244. The van der Waals surface area contributed by atoms with Crippen LogP contribution in [-0.4, -0.2) is 6.10 Å². The van der Waals surface area contributed by atoms with Crippen molar-refractivity contribution in [1.82, 2.24) is 5.48 Å². The van der Waals surface area contributed by atoms with E-state index in [-0.39, 0.29) is 5.82 Å². The number of hydrogen-bond donors (Lipinski definition) is 1. The zero-order valence-corrected chi connectivity index (χ0v) is 9.63. The molecule has 1 aliphatic carbocycles. The van der Waals surface area contributed by atoms with E-state index in [0.717, 1.165) is 24.0 Å². The van der Waals surface area contributed by atoms with Crippen LogP contribution in [0.1, 0.15) is 36.8 Å². The molecule has 88 valence electrons. The van der Waals surface area contributed by atoms with E-state index in [4.69, 9.17) is 4.84 Å². The largest absolute Gasteiger partial charge is 0.298 e. The summed E-state index contributed by atoms with van der Waals surface area (Å²) in [6.45, 7) is 2.55. The van der Waals surface area contributed by atoms with Gasteiger partial charge in [-0.2, -0.15) is 5.48 Å². The number of halogens is 1. The normalized spacial score (nSPS) is 16.9. The smallest absolute Gasteiger partial charge is 0.123 e. The fraction of sp³-hybridized carbons (Fsp3) is 0.538. The van der Waals surface area contributed by atoms with Crippen LogP contribution in [0.25, 0.3) is 0 Å². The van der Waals surface area contributed by atoms with E-state index in [1.165, 1.54) is 18.9 Å². The number of hydrogen-bond acceptors (Lipinski definition) is 2. The predicted molar refractivity (Wildman–Crippen MR) is 61.3 cm³/mol. The fourth-order valence-electron chi connectivity index (χ4n) is 2.10. The molecule has 2 rings (SSSR count). The summed E-state index contributed by atoms with van der Waals surface area (Å²) in [6, 6.07) is 4.84. The van der Waals surface area contributed by atoms with E-state index < -0.39 is 0 Å². The minimum Gasteiger partial charge on any atom is -0.298 e. The Hall–Kier alpha value is -0.930. The first kappa shape index (κ1) is 11.6. The Morgan fingerprint density at radius 2 is 2.12 bits per heavy atom. The summed E-state index contributed by atoms with van der Waals surface area (Å²) in [7, 11) is 0. The van der Waals surface area contributed by atoms with Crippen LogP contribution in [0, 0.1) is 12.7 Å². The third-order valence-corrected chi connectivity index (χ3v) is 3.12. The molecule has 1 aliphatic rings. The maximum absolute atomic E-state index is 12.9. The molecule has 3 heteroatoms. The van der Waals surface area contributed by atoms with Crippen LogP contribution in [-0.2, 0) is 11.4 Å². The van der Waals surface area contributed by atoms with Crippen molar-refractivity contribution in [3.05, 3.63) is 35.1 Å². The fourth-order valence-corrected chi connectivity index (χ4v) is 2.10. The third kappa shape index (κ3) is 3.03. The van der Waals surface area contributed by atoms with Gasteiger partial charge in [-0.25, -0.2) is 4.39 Å². The van der Waals surface area contributed by atoms with Crippen molar-refractivity contribution in [2.24, 2.45) is 0 Å². The van der Waals surface area contributed by atoms with Gasteiger partial charge in [0.05, 0.1) is 6.10 Å². The molecule has 1 aromatic carbocycles. The third-order valence-electron chi connectivity index (χ3n) is 3.12. The topological polar surface area (TPSA) is 21.3 Å². The molecule has 1 fully saturated rings. The van der Waals surface area contributed by atoms with Crippen molar-refractivity contribution in [3.8, 4) is 0 Å². The van der Waals surface area contributed by atoms with Gasteiger partial charge in [-0.1, -0.05) is 18.9 Å². The van der Waals surface area contributed by atoms with Crippen LogP contribution in [0.3, 0.4) is 0 Å². The zero-order chi connectivity index (χ0) is 11.4. The van der Waals surface area contributed by atoms with Crippen molar-refractivity contribution in [2.75, 3.05) is 0 Å². The highest BCUT2D eigenvalue weighted by atomic mass is 19.1. The molecule has 2 nitrogen and oxygen atoms in total. The average molecular weight is 223 g/mol. The van der Waals surface area contributed by atoms with E-state index in [2.05, 4.69) is 5.48 Å². The lowest BCUT2D eigenvalue weighted by atomic mass is 10.1. The molecule has 1 saturated carbocycles. The maximum Gasteiger partial charge on any atom is 0.123 e. The lowest BCUT2D eigenvalue weighted by Gasteiger charge is -2.12. The van der Waals surface area contributed by atoms with Gasteiger partial charge in [0, 0.05) is 6.54 Å². The number of benzene rings is 1. The highest BCUT2D eigenvalue weighted by molar-refractivity contribution is 5.26. The summed E-state index contributed by atoms with van der Waals surface area (Å²) in [6.07, 6.45) is 5.19. The van der Waals surface area contributed by atoms with E-state index in [0.29, 0.717) is 12.6 Å². The molecular formula is C13H18FNO. The van der Waals surface area contributed by atoms with E-state index >= 15 is 0 Å². The van der Waals surface area contributed by atoms with Crippen LogP contribution < -0.4 is 5.48 Å². The van der Waals surface area contributed by atoms with Crippen molar-refractivity contribution in [1.29, 1.82) is 0 Å². The Bertz CT molecular complexity index is 348. The summed E-state index contributed by atoms with van der Waals surface area (Å²) < 4.78 is 12.9. The molecule has 0 atom stereocenters. The summed E-state index contributed by atoms with van der Waals surface area (Å²) in [5.41, 5.74) is 5.02. The summed E-state index contributed by atoms with van der Waals surface area (Å²) >= 11 is 0. The molecule has 0 saturated heterocycles. The van der Waals surface area contributed by atoms with E-state index in [1.807, 2.05) is 6.92 Å². The van der Waals surface area contributed by atoms with Gasteiger partial charge in [-0.15, -0.1) is 0 Å². The molecule has 0 aliphatic heterocycles. The van der Waals surface area contributed by atoms with Gasteiger partial charge >= 0.3 is 0 Å². The molecule has 0 radical (unpaired) electrons. The van der Waals surface area contributed by atoms with Crippen molar-refractivity contribution in [2.45, 2.75) is 45.3 Å². The van der Waals surface area contributed by atoms with Crippen molar-refractivity contribution >= 4 is 0 Å². The molecule has 0 heterocycles. The Balaban J connectivity index is 1.80. The SMILES string of the molecule is Cc1cc(F)ccc1CNOC1CCCC1. The van der Waals surface area contributed by atoms with Crippen molar-refractivity contribution < 1.29 is 9.23 Å². The standard InChI is InChI=1S/C13H18FNO/c1-10-8-12(14)7-6-11(10)9-15-16-13-4-2-3-5-13/h6-8,13,15H,2-5,9H2,1H3. The highest BCUT2D eigenvalue weighted by Gasteiger charge is 2.15. The Morgan fingerprint density at radius 3 is 2.81 bits per heavy atom. The molecule has 0 unspecified atom stereocenters. The molecule has 1 N–H and O–H groups in total. The predicted octanol–water partition coefficient (Wildman–Crippen LogP) is 3.10. The van der Waals surface area contributed by atoms with Crippen LogP contribution in [0.4, 0.5) is 4.39 Å². The van der Waals surface area contributed by atoms with Crippen LogP contribution in [0.2, 0.25) is 0 Å². The van der Waals surface area contributed by atoms with E-state index in [1.54, 1.807) is 12.1 Å². The average Bonchev–Trinajstić information content (AvgIpc) is 2.74. The van der Waals surface area contributed by atoms with Crippen LogP contribution in [0.15, 0.2) is 18.2 Å². The van der Waals surface area contributed by atoms with E-state index in [9.17, 15) is 4.39 Å². The summed E-state index contributed by atoms with van der Waals surface area (Å²) in [5, 5.41) is 0. The second-order valence-corrected chi connectivity index (χ2v) is 4.42. The molecular weight excluding hydrogens is 205 g/mol. The first-order valence-corrected chi connectivity index (χ1v) is 5.89. The van der Waals surface area contributed by atoms with Gasteiger partial charge in [0.2, 0.25) is 0 Å². The summed E-state index contributed by atoms with van der Waals surface area (Å²) in [5.74, 6) is -0.182. The zero-order valence-electron chi connectivity index (χ0n) is 9.63. The second kappa shape index (κ2) is 5.41. The van der Waals surface area contributed by atoms with Crippen LogP contribution >= 0.6 is 0 Å². The Kier molecular flexibility index (Phi) is 3.91. The number of nitrogens with one attached hydrogen (secondary N) is 1. The molecule has 0 spiro atoms. The quantitative estimate of drug-likeness (QED) is 0.792. The number of hydroxylamine groups is 1. The first-order chi connectivity index (χ1) is 7.75. The van der Waals surface area contributed by atoms with Gasteiger partial charge in [0.15, 0.2) is 0 Å². The minimum atomic E-state index is -0.182. The van der Waals surface area contributed by atoms with Gasteiger partial charge in [0.1, 0.15) is 5.82 Å². The monoisotopic (exact) mass is 223 g/mol. The van der Waals surface area contributed by atoms with Gasteiger partial charge in [-0.3, -0.25) is 4.84 Å². The lowest BCUT2D eigenvalue weighted by Crippen LogP contribution is -2.21. The van der Waals surface area contributed by atoms with Gasteiger partial charge < -0.3 is 0 Å². The Morgan fingerprint density at radius 1 is 1.38 bits per heavy atom. The highest BCUT2D eigenvalue weighted by Crippen LogP contribution is 2.20. The minimum absolute atomic E-state index is 0.182. The van der Waals surface area contributed by atoms with Crippen molar-refractivity contribution in [3.63, 3.8) is 0 Å². The van der Waals surface area contributed by atoms with Gasteiger partial charge in [0.25, 0.3) is 0 Å². The molecule has 16 heavy (non-hydrogen) atoms. The molecule has 0 bridgehead atoms. The number of rotatable bonds is 4. The first-order valence-electron chi connectivity index (χ1n) is 5.89. The van der Waals surface area contributed by atoms with Crippen LogP contribution in [0.5, 0.6) is 0 Å². The second-order valence-electron chi connectivity index (χ2n) is 4.42. The Labute approximate surface area is 95.8 Å². The summed E-state index contributed by atoms with van der Waals surface area (Å²) in [4.78, 5) is 5.55. The molecule has 1 aromatic rings. The molecule has 0 amide bonds. The number of aryl methyl sites for hydroxylation is 1. The molecule has 0 aromatic heterocycles. The van der Waals surface area contributed by atoms with Gasteiger partial charge in [-0.05, 0) is 43.0 Å². The maximum atomic E-state index is 12.9.